The van der Waals surface area contributed by atoms with Gasteiger partial charge in [0.05, 0.1) is 24.3 Å². The molecule has 0 saturated carbocycles. The summed E-state index contributed by atoms with van der Waals surface area (Å²) < 4.78 is 7.03. The molecule has 1 atom stereocenters. The molecule has 0 fully saturated rings. The number of hydrogen-bond acceptors (Lipinski definition) is 4. The first-order valence-electron chi connectivity index (χ1n) is 5.36. The number of hydrazine groups is 1. The van der Waals surface area contributed by atoms with E-state index in [0.29, 0.717) is 0 Å². The van der Waals surface area contributed by atoms with E-state index >= 15 is 0 Å². The highest BCUT2D eigenvalue weighted by Crippen LogP contribution is 2.21. The largest absolute Gasteiger partial charge is 0.472 e. The van der Waals surface area contributed by atoms with Crippen molar-refractivity contribution in [2.75, 3.05) is 0 Å². The molecule has 86 valence electrons. The molecule has 1 unspecified atom stereocenters. The van der Waals surface area contributed by atoms with Crippen LogP contribution in [0.25, 0.3) is 0 Å². The average molecular weight is 220 g/mol. The summed E-state index contributed by atoms with van der Waals surface area (Å²) in [5.41, 5.74) is 4.83. The molecule has 2 heterocycles. The van der Waals surface area contributed by atoms with Gasteiger partial charge in [-0.3, -0.25) is 10.5 Å². The summed E-state index contributed by atoms with van der Waals surface area (Å²) in [5.74, 6) is 5.59. The molecule has 0 bridgehead atoms. The molecule has 16 heavy (non-hydrogen) atoms. The molecule has 3 N–H and O–H groups in total. The summed E-state index contributed by atoms with van der Waals surface area (Å²) in [5, 5.41) is 4.28. The van der Waals surface area contributed by atoms with Crippen LogP contribution in [-0.4, -0.2) is 9.78 Å². The van der Waals surface area contributed by atoms with Crippen LogP contribution in [0.15, 0.2) is 35.3 Å². The Labute approximate surface area is 94.2 Å². The zero-order valence-corrected chi connectivity index (χ0v) is 9.26. The van der Waals surface area contributed by atoms with Crippen LogP contribution in [0.2, 0.25) is 0 Å². The Morgan fingerprint density at radius 1 is 1.56 bits per heavy atom. The van der Waals surface area contributed by atoms with Gasteiger partial charge < -0.3 is 4.42 Å². The van der Waals surface area contributed by atoms with E-state index in [1.54, 1.807) is 18.7 Å². The number of aryl methyl sites for hydroxylation is 1. The van der Waals surface area contributed by atoms with Crippen molar-refractivity contribution >= 4 is 0 Å². The molecule has 2 aromatic rings. The average Bonchev–Trinajstić information content (AvgIpc) is 2.92. The zero-order chi connectivity index (χ0) is 11.4. The predicted octanol–water partition coefficient (Wildman–Crippen LogP) is 1.44. The van der Waals surface area contributed by atoms with Crippen molar-refractivity contribution < 1.29 is 4.42 Å². The van der Waals surface area contributed by atoms with Crippen LogP contribution in [0.4, 0.5) is 0 Å². The molecule has 0 saturated heterocycles. The van der Waals surface area contributed by atoms with Gasteiger partial charge in [0.2, 0.25) is 0 Å². The van der Waals surface area contributed by atoms with Crippen LogP contribution >= 0.6 is 0 Å². The lowest BCUT2D eigenvalue weighted by Crippen LogP contribution is -2.30. The molecule has 5 heteroatoms. The fourth-order valence-electron chi connectivity index (χ4n) is 1.78. The number of nitrogens with zero attached hydrogens (tertiary/aromatic N) is 2. The standard InChI is InChI=1S/C11H16N4O/c1-2-6-15-10(3-5-13-15)11(14-12)9-4-7-16-8-9/h3-5,7-8,11,14H,2,6,12H2,1H3. The van der Waals surface area contributed by atoms with Crippen molar-refractivity contribution in [3.63, 3.8) is 0 Å². The highest BCUT2D eigenvalue weighted by atomic mass is 16.3. The van der Waals surface area contributed by atoms with Crippen molar-refractivity contribution in [2.45, 2.75) is 25.9 Å². The zero-order valence-electron chi connectivity index (χ0n) is 9.26. The van der Waals surface area contributed by atoms with Gasteiger partial charge in [0, 0.05) is 18.3 Å². The molecule has 0 aliphatic carbocycles. The molecule has 0 amide bonds. The minimum Gasteiger partial charge on any atom is -0.472 e. The Kier molecular flexibility index (Phi) is 3.38. The quantitative estimate of drug-likeness (QED) is 0.591. The molecule has 0 aliphatic heterocycles. The number of hydrogen-bond donors (Lipinski definition) is 2. The molecular weight excluding hydrogens is 204 g/mol. The van der Waals surface area contributed by atoms with Crippen LogP contribution in [0.5, 0.6) is 0 Å². The number of nitrogens with two attached hydrogens (primary N) is 1. The van der Waals surface area contributed by atoms with Crippen molar-refractivity contribution in [2.24, 2.45) is 5.84 Å². The Balaban J connectivity index is 2.30. The fraction of sp³-hybridized carbons (Fsp3) is 0.364. The Morgan fingerprint density at radius 3 is 3.06 bits per heavy atom. The second kappa shape index (κ2) is 4.96. The third-order valence-electron chi connectivity index (χ3n) is 2.52. The van der Waals surface area contributed by atoms with E-state index in [1.165, 1.54) is 0 Å². The molecule has 0 aliphatic rings. The SMILES string of the molecule is CCCn1nccc1C(NN)c1ccoc1. The smallest absolute Gasteiger partial charge is 0.0954 e. The van der Waals surface area contributed by atoms with Gasteiger partial charge in [-0.1, -0.05) is 6.92 Å². The Bertz CT molecular complexity index is 421. The van der Waals surface area contributed by atoms with Gasteiger partial charge >= 0.3 is 0 Å². The molecule has 5 nitrogen and oxygen atoms in total. The van der Waals surface area contributed by atoms with Crippen LogP contribution in [0.3, 0.4) is 0 Å². The molecule has 0 aromatic carbocycles. The van der Waals surface area contributed by atoms with E-state index in [4.69, 9.17) is 10.3 Å². The summed E-state index contributed by atoms with van der Waals surface area (Å²) in [4.78, 5) is 0. The fourth-order valence-corrected chi connectivity index (χ4v) is 1.78. The van der Waals surface area contributed by atoms with E-state index < -0.39 is 0 Å². The topological polar surface area (TPSA) is 69.0 Å². The first-order valence-corrected chi connectivity index (χ1v) is 5.36. The summed E-state index contributed by atoms with van der Waals surface area (Å²) in [6.07, 6.45) is 6.15. The molecule has 2 rings (SSSR count). The second-order valence-corrected chi connectivity index (χ2v) is 3.64. The molecule has 0 spiro atoms. The number of furan rings is 1. The lowest BCUT2D eigenvalue weighted by atomic mass is 10.1. The van der Waals surface area contributed by atoms with Crippen molar-refractivity contribution in [3.05, 3.63) is 42.1 Å². The first-order chi connectivity index (χ1) is 7.86. The number of rotatable bonds is 5. The van der Waals surface area contributed by atoms with Gasteiger partial charge in [-0.2, -0.15) is 5.10 Å². The van der Waals surface area contributed by atoms with E-state index in [2.05, 4.69) is 17.4 Å². The minimum absolute atomic E-state index is 0.0761. The van der Waals surface area contributed by atoms with E-state index in [1.807, 2.05) is 16.8 Å². The third-order valence-corrected chi connectivity index (χ3v) is 2.52. The summed E-state index contributed by atoms with van der Waals surface area (Å²) in [7, 11) is 0. The van der Waals surface area contributed by atoms with Gasteiger partial charge in [0.25, 0.3) is 0 Å². The highest BCUT2D eigenvalue weighted by molar-refractivity contribution is 5.23. The Hall–Kier alpha value is -1.59. The van der Waals surface area contributed by atoms with E-state index in [9.17, 15) is 0 Å². The summed E-state index contributed by atoms with van der Waals surface area (Å²) in [6, 6.07) is 3.79. The van der Waals surface area contributed by atoms with Crippen LogP contribution < -0.4 is 11.3 Å². The van der Waals surface area contributed by atoms with Gasteiger partial charge in [-0.05, 0) is 18.6 Å². The van der Waals surface area contributed by atoms with Crippen LogP contribution in [-0.2, 0) is 6.54 Å². The summed E-state index contributed by atoms with van der Waals surface area (Å²) in [6.45, 7) is 3.01. The van der Waals surface area contributed by atoms with Crippen molar-refractivity contribution in [1.82, 2.24) is 15.2 Å². The normalized spacial score (nSPS) is 12.9. The monoisotopic (exact) mass is 220 g/mol. The van der Waals surface area contributed by atoms with Crippen molar-refractivity contribution in [1.29, 1.82) is 0 Å². The third kappa shape index (κ3) is 2.00. The maximum absolute atomic E-state index is 5.59. The van der Waals surface area contributed by atoms with Gasteiger partial charge in [0.15, 0.2) is 0 Å². The first kappa shape index (κ1) is 10.9. The van der Waals surface area contributed by atoms with Gasteiger partial charge in [0.1, 0.15) is 0 Å². The maximum Gasteiger partial charge on any atom is 0.0954 e. The summed E-state index contributed by atoms with van der Waals surface area (Å²) >= 11 is 0. The highest BCUT2D eigenvalue weighted by Gasteiger charge is 2.17. The minimum atomic E-state index is -0.0761. The van der Waals surface area contributed by atoms with Crippen LogP contribution in [0, 0.1) is 0 Å². The second-order valence-electron chi connectivity index (χ2n) is 3.64. The number of nitrogens with one attached hydrogen (secondary N) is 1. The lowest BCUT2D eigenvalue weighted by molar-refractivity contribution is 0.512. The van der Waals surface area contributed by atoms with Crippen molar-refractivity contribution in [3.8, 4) is 0 Å². The van der Waals surface area contributed by atoms with E-state index in [-0.39, 0.29) is 6.04 Å². The molecular formula is C11H16N4O. The maximum atomic E-state index is 5.59. The lowest BCUT2D eigenvalue weighted by Gasteiger charge is -2.15. The predicted molar refractivity (Wildman–Crippen MR) is 60.4 cm³/mol. The molecule has 0 radical (unpaired) electrons. The molecule has 2 aromatic heterocycles. The number of aromatic nitrogens is 2. The van der Waals surface area contributed by atoms with Crippen LogP contribution in [0.1, 0.15) is 30.6 Å². The van der Waals surface area contributed by atoms with Gasteiger partial charge in [-0.25, -0.2) is 5.43 Å². The van der Waals surface area contributed by atoms with E-state index in [0.717, 1.165) is 24.2 Å². The van der Waals surface area contributed by atoms with Gasteiger partial charge in [-0.15, -0.1) is 0 Å². The Morgan fingerprint density at radius 2 is 2.44 bits per heavy atom.